The molecule has 0 bridgehead atoms. The molecule has 2 aromatic rings. The van der Waals surface area contributed by atoms with Gasteiger partial charge in [-0.15, -0.1) is 0 Å². The number of benzene rings is 2. The Morgan fingerprint density at radius 1 is 1.03 bits per heavy atom. The average molecular weight is 465 g/mol. The lowest BCUT2D eigenvalue weighted by molar-refractivity contribution is -0.142. The van der Waals surface area contributed by atoms with E-state index in [4.69, 9.17) is 4.74 Å². The molecular weight excluding hydrogens is 424 g/mol. The molecule has 0 spiro atoms. The summed E-state index contributed by atoms with van der Waals surface area (Å²) in [7, 11) is 0. The number of rotatable bonds is 10. The Morgan fingerprint density at radius 2 is 1.68 bits per heavy atom. The van der Waals surface area contributed by atoms with Gasteiger partial charge in [0.05, 0.1) is 0 Å². The fourth-order valence-corrected chi connectivity index (χ4v) is 4.70. The van der Waals surface area contributed by atoms with Crippen molar-refractivity contribution in [3.8, 4) is 5.75 Å². The summed E-state index contributed by atoms with van der Waals surface area (Å²) in [6.07, 6.45) is 5.61. The molecule has 3 rings (SSSR count). The van der Waals surface area contributed by atoms with Gasteiger partial charge in [-0.3, -0.25) is 9.59 Å². The lowest BCUT2D eigenvalue weighted by Crippen LogP contribution is -2.53. The zero-order valence-electron chi connectivity index (χ0n) is 21.2. The standard InChI is InChI=1S/C29H40N2O3/c1-5-25(28(33)30-23-15-9-10-16-23)31(20-19-22-13-7-6-8-14-22)27(32)21-34-26-18-12-11-17-24(26)29(2,3)4/h6-8,11-14,17-18,23,25H,5,9-10,15-16,19-21H2,1-4H3,(H,30,33)/t25-/m1/s1. The maximum atomic E-state index is 13.5. The van der Waals surface area contributed by atoms with Crippen molar-refractivity contribution in [3.05, 3.63) is 65.7 Å². The Kier molecular flexibility index (Phi) is 9.14. The second-order valence-electron chi connectivity index (χ2n) is 10.3. The molecule has 1 fully saturated rings. The van der Waals surface area contributed by atoms with Crippen LogP contribution in [0.25, 0.3) is 0 Å². The Hall–Kier alpha value is -2.82. The normalized spacial score (nSPS) is 15.1. The van der Waals surface area contributed by atoms with Crippen LogP contribution in [0.1, 0.15) is 70.9 Å². The van der Waals surface area contributed by atoms with Gasteiger partial charge >= 0.3 is 0 Å². The van der Waals surface area contributed by atoms with Crippen LogP contribution in [-0.2, 0) is 21.4 Å². The first-order valence-corrected chi connectivity index (χ1v) is 12.7. The second kappa shape index (κ2) is 12.0. The van der Waals surface area contributed by atoms with Gasteiger partial charge in [0.25, 0.3) is 5.91 Å². The number of hydrogen-bond acceptors (Lipinski definition) is 3. The van der Waals surface area contributed by atoms with Gasteiger partial charge in [0, 0.05) is 12.6 Å². The van der Waals surface area contributed by atoms with Crippen LogP contribution in [0.3, 0.4) is 0 Å². The summed E-state index contributed by atoms with van der Waals surface area (Å²) in [5.74, 6) is 0.508. The third kappa shape index (κ3) is 7.09. The van der Waals surface area contributed by atoms with Crippen LogP contribution in [0, 0.1) is 0 Å². The minimum Gasteiger partial charge on any atom is -0.483 e. The highest BCUT2D eigenvalue weighted by Crippen LogP contribution is 2.31. The van der Waals surface area contributed by atoms with Crippen molar-refractivity contribution < 1.29 is 14.3 Å². The Morgan fingerprint density at radius 3 is 2.32 bits per heavy atom. The number of carbonyl (C=O) groups excluding carboxylic acids is 2. The number of hydrogen-bond donors (Lipinski definition) is 1. The number of nitrogens with one attached hydrogen (secondary N) is 1. The molecule has 5 heteroatoms. The fraction of sp³-hybridized carbons (Fsp3) is 0.517. The van der Waals surface area contributed by atoms with E-state index in [-0.39, 0.29) is 29.9 Å². The van der Waals surface area contributed by atoms with E-state index in [2.05, 4.69) is 38.2 Å². The lowest BCUT2D eigenvalue weighted by Gasteiger charge is -2.31. The van der Waals surface area contributed by atoms with Crippen molar-refractivity contribution in [2.24, 2.45) is 0 Å². The molecule has 1 atom stereocenters. The maximum Gasteiger partial charge on any atom is 0.261 e. The molecule has 2 aromatic carbocycles. The molecule has 0 radical (unpaired) electrons. The number of nitrogens with zero attached hydrogens (tertiary/aromatic N) is 1. The molecule has 184 valence electrons. The van der Waals surface area contributed by atoms with Crippen LogP contribution in [-0.4, -0.2) is 41.9 Å². The van der Waals surface area contributed by atoms with Gasteiger partial charge < -0.3 is 15.0 Å². The minimum atomic E-state index is -0.502. The number of carbonyl (C=O) groups is 2. The van der Waals surface area contributed by atoms with Crippen LogP contribution < -0.4 is 10.1 Å². The smallest absolute Gasteiger partial charge is 0.261 e. The van der Waals surface area contributed by atoms with Crippen molar-refractivity contribution in [2.75, 3.05) is 13.2 Å². The van der Waals surface area contributed by atoms with Crippen LogP contribution in [0.2, 0.25) is 0 Å². The predicted molar refractivity (Wildman–Crippen MR) is 137 cm³/mol. The highest BCUT2D eigenvalue weighted by atomic mass is 16.5. The van der Waals surface area contributed by atoms with Crippen LogP contribution in [0.15, 0.2) is 54.6 Å². The first-order valence-electron chi connectivity index (χ1n) is 12.7. The molecular formula is C29H40N2O3. The van der Waals surface area contributed by atoms with Gasteiger partial charge in [-0.05, 0) is 48.3 Å². The van der Waals surface area contributed by atoms with Crippen LogP contribution in [0.5, 0.6) is 5.75 Å². The number of amides is 2. The van der Waals surface area contributed by atoms with Gasteiger partial charge in [0.1, 0.15) is 11.8 Å². The monoisotopic (exact) mass is 464 g/mol. The minimum absolute atomic E-state index is 0.0501. The molecule has 0 aliphatic heterocycles. The SMILES string of the molecule is CC[C@H](C(=O)NC1CCCC1)N(CCc1ccccc1)C(=O)COc1ccccc1C(C)(C)C. The van der Waals surface area contributed by atoms with Gasteiger partial charge in [-0.2, -0.15) is 0 Å². The molecule has 1 saturated carbocycles. The van der Waals surface area contributed by atoms with Crippen molar-refractivity contribution in [1.82, 2.24) is 10.2 Å². The molecule has 1 aliphatic carbocycles. The zero-order chi connectivity index (χ0) is 24.6. The quantitative estimate of drug-likeness (QED) is 0.521. The Bertz CT molecular complexity index is 930. The van der Waals surface area contributed by atoms with E-state index in [1.54, 1.807) is 4.90 Å². The molecule has 0 aromatic heterocycles. The largest absolute Gasteiger partial charge is 0.483 e. The summed E-state index contributed by atoms with van der Waals surface area (Å²) in [4.78, 5) is 28.4. The zero-order valence-corrected chi connectivity index (χ0v) is 21.2. The summed E-state index contributed by atoms with van der Waals surface area (Å²) < 4.78 is 6.04. The average Bonchev–Trinajstić information content (AvgIpc) is 3.33. The molecule has 0 heterocycles. The lowest BCUT2D eigenvalue weighted by atomic mass is 9.86. The first-order chi connectivity index (χ1) is 16.3. The molecule has 1 aliphatic rings. The highest BCUT2D eigenvalue weighted by Gasteiger charge is 2.31. The van der Waals surface area contributed by atoms with Gasteiger partial charge in [0.15, 0.2) is 6.61 Å². The van der Waals surface area contributed by atoms with Crippen molar-refractivity contribution in [2.45, 2.75) is 83.7 Å². The van der Waals surface area contributed by atoms with E-state index in [1.807, 2.05) is 49.4 Å². The van der Waals surface area contributed by atoms with Gasteiger partial charge in [0.2, 0.25) is 5.91 Å². The van der Waals surface area contributed by atoms with Crippen molar-refractivity contribution >= 4 is 11.8 Å². The van der Waals surface area contributed by atoms with E-state index in [9.17, 15) is 9.59 Å². The van der Waals surface area contributed by atoms with E-state index in [0.717, 1.165) is 42.6 Å². The molecule has 0 saturated heterocycles. The van der Waals surface area contributed by atoms with Crippen LogP contribution in [0.4, 0.5) is 0 Å². The summed E-state index contributed by atoms with van der Waals surface area (Å²) in [5, 5.41) is 3.19. The summed E-state index contributed by atoms with van der Waals surface area (Å²) >= 11 is 0. The van der Waals surface area contributed by atoms with Gasteiger partial charge in [-0.1, -0.05) is 89.1 Å². The first kappa shape index (κ1) is 25.8. The number of ether oxygens (including phenoxy) is 1. The molecule has 5 nitrogen and oxygen atoms in total. The second-order valence-corrected chi connectivity index (χ2v) is 10.3. The van der Waals surface area contributed by atoms with Crippen molar-refractivity contribution in [3.63, 3.8) is 0 Å². The summed E-state index contributed by atoms with van der Waals surface area (Å²) in [5.41, 5.74) is 2.11. The van der Waals surface area contributed by atoms with Crippen molar-refractivity contribution in [1.29, 1.82) is 0 Å². The third-order valence-corrected chi connectivity index (χ3v) is 6.62. The Balaban J connectivity index is 1.75. The Labute approximate surface area is 204 Å². The molecule has 2 amide bonds. The maximum absolute atomic E-state index is 13.5. The fourth-order valence-electron chi connectivity index (χ4n) is 4.70. The van der Waals surface area contributed by atoms with E-state index in [1.165, 1.54) is 0 Å². The highest BCUT2D eigenvalue weighted by molar-refractivity contribution is 5.88. The predicted octanol–water partition coefficient (Wildman–Crippen LogP) is 5.27. The summed E-state index contributed by atoms with van der Waals surface area (Å²) in [6, 6.07) is 17.7. The molecule has 34 heavy (non-hydrogen) atoms. The van der Waals surface area contributed by atoms with E-state index in [0.29, 0.717) is 19.4 Å². The van der Waals surface area contributed by atoms with E-state index >= 15 is 0 Å². The molecule has 1 N–H and O–H groups in total. The topological polar surface area (TPSA) is 58.6 Å². The summed E-state index contributed by atoms with van der Waals surface area (Å²) in [6.45, 7) is 8.74. The van der Waals surface area contributed by atoms with Crippen LogP contribution >= 0.6 is 0 Å². The van der Waals surface area contributed by atoms with Gasteiger partial charge in [-0.25, -0.2) is 0 Å². The number of para-hydroxylation sites is 1. The molecule has 0 unspecified atom stereocenters. The third-order valence-electron chi connectivity index (χ3n) is 6.62. The van der Waals surface area contributed by atoms with E-state index < -0.39 is 6.04 Å².